The van der Waals surface area contributed by atoms with E-state index >= 15 is 0 Å². The molecule has 37 heavy (non-hydrogen) atoms. The molecule has 5 heterocycles. The van der Waals surface area contributed by atoms with Gasteiger partial charge in [0.15, 0.2) is 5.82 Å². The maximum atomic E-state index is 13.5. The average molecular weight is 492 g/mol. The summed E-state index contributed by atoms with van der Waals surface area (Å²) >= 11 is 0. The fraction of sp³-hybridized carbons (Fsp3) is 0.200. The predicted molar refractivity (Wildman–Crippen MR) is 135 cm³/mol. The van der Waals surface area contributed by atoms with Gasteiger partial charge in [-0.3, -0.25) is 9.59 Å². The molecule has 1 amide bonds. The molecule has 11 nitrogen and oxygen atoms in total. The summed E-state index contributed by atoms with van der Waals surface area (Å²) in [5.41, 5.74) is 2.86. The van der Waals surface area contributed by atoms with Crippen molar-refractivity contribution in [2.75, 3.05) is 13.7 Å². The summed E-state index contributed by atoms with van der Waals surface area (Å²) in [4.78, 5) is 44.4. The number of nitrogens with zero attached hydrogens (tertiary/aromatic N) is 7. The minimum atomic E-state index is -0.660. The van der Waals surface area contributed by atoms with Crippen LogP contribution in [-0.4, -0.2) is 72.4 Å². The summed E-state index contributed by atoms with van der Waals surface area (Å²) in [6.07, 6.45) is 4.52. The summed E-state index contributed by atoms with van der Waals surface area (Å²) in [5.74, 6) is 0.714. The van der Waals surface area contributed by atoms with E-state index in [1.807, 2.05) is 34.9 Å². The quantitative estimate of drug-likeness (QED) is 0.223. The zero-order chi connectivity index (χ0) is 25.7. The van der Waals surface area contributed by atoms with Crippen molar-refractivity contribution < 1.29 is 14.3 Å². The number of ketones is 1. The molecule has 1 N–H and O–H groups in total. The van der Waals surface area contributed by atoms with Gasteiger partial charge in [0, 0.05) is 24.9 Å². The van der Waals surface area contributed by atoms with Gasteiger partial charge in [-0.25, -0.2) is 19.6 Å². The highest BCUT2D eigenvalue weighted by Gasteiger charge is 2.32. The first kappa shape index (κ1) is 22.7. The van der Waals surface area contributed by atoms with Crippen LogP contribution in [0, 0.1) is 6.92 Å². The Morgan fingerprint density at radius 2 is 1.95 bits per heavy atom. The number of amides is 1. The number of carbonyl (C=O) groups is 2. The Bertz CT molecular complexity index is 1670. The molecular formula is C25H21BN8O3. The van der Waals surface area contributed by atoms with Crippen molar-refractivity contribution in [2.45, 2.75) is 20.0 Å². The van der Waals surface area contributed by atoms with Crippen LogP contribution in [0.3, 0.4) is 0 Å². The van der Waals surface area contributed by atoms with Gasteiger partial charge in [0.1, 0.15) is 31.6 Å². The fourth-order valence-corrected chi connectivity index (χ4v) is 4.74. The van der Waals surface area contributed by atoms with Gasteiger partial charge >= 0.3 is 0 Å². The van der Waals surface area contributed by atoms with Crippen molar-refractivity contribution in [3.63, 3.8) is 0 Å². The molecule has 182 valence electrons. The number of H-pyrrole nitrogens is 1. The molecule has 0 spiro atoms. The van der Waals surface area contributed by atoms with Crippen molar-refractivity contribution in [3.8, 4) is 22.8 Å². The van der Waals surface area contributed by atoms with E-state index in [9.17, 15) is 9.59 Å². The van der Waals surface area contributed by atoms with Gasteiger partial charge in [-0.2, -0.15) is 5.10 Å². The van der Waals surface area contributed by atoms with E-state index in [1.165, 1.54) is 35.4 Å². The van der Waals surface area contributed by atoms with Gasteiger partial charge < -0.3 is 19.2 Å². The first-order valence-corrected chi connectivity index (χ1v) is 11.6. The van der Waals surface area contributed by atoms with Crippen LogP contribution in [0.1, 0.15) is 22.0 Å². The first-order valence-electron chi connectivity index (χ1n) is 11.6. The van der Waals surface area contributed by atoms with Crippen molar-refractivity contribution in [1.29, 1.82) is 0 Å². The zero-order valence-corrected chi connectivity index (χ0v) is 20.2. The van der Waals surface area contributed by atoms with Gasteiger partial charge in [0.05, 0.1) is 42.0 Å². The number of hydrogen-bond donors (Lipinski definition) is 1. The Morgan fingerprint density at radius 3 is 2.68 bits per heavy atom. The molecule has 4 aromatic heterocycles. The number of methoxy groups -OCH3 is 1. The van der Waals surface area contributed by atoms with Crippen LogP contribution < -0.4 is 10.3 Å². The average Bonchev–Trinajstić information content (AvgIpc) is 3.63. The number of aromatic amines is 1. The number of fused-ring (bicyclic) bond motifs is 2. The lowest BCUT2D eigenvalue weighted by Gasteiger charge is -2.28. The normalized spacial score (nSPS) is 13.1. The number of nitrogens with one attached hydrogen (secondary N) is 1. The monoisotopic (exact) mass is 492 g/mol. The number of benzene rings is 1. The van der Waals surface area contributed by atoms with E-state index in [2.05, 4.69) is 25.0 Å². The zero-order valence-electron chi connectivity index (χ0n) is 20.2. The molecule has 0 aliphatic carbocycles. The maximum absolute atomic E-state index is 13.5. The summed E-state index contributed by atoms with van der Waals surface area (Å²) in [5, 5.41) is 4.76. The van der Waals surface area contributed by atoms with Crippen molar-refractivity contribution in [1.82, 2.24) is 39.2 Å². The Morgan fingerprint density at radius 1 is 1.14 bits per heavy atom. The Balaban J connectivity index is 1.32. The van der Waals surface area contributed by atoms with Gasteiger partial charge in [-0.1, -0.05) is 30.3 Å². The molecule has 6 rings (SSSR count). The smallest absolute Gasteiger partial charge is 0.295 e. The van der Waals surface area contributed by atoms with E-state index in [0.29, 0.717) is 52.8 Å². The van der Waals surface area contributed by atoms with E-state index in [1.54, 1.807) is 6.92 Å². The van der Waals surface area contributed by atoms with Gasteiger partial charge in [0.25, 0.3) is 11.7 Å². The van der Waals surface area contributed by atoms with E-state index in [0.717, 1.165) is 11.3 Å². The number of rotatable bonds is 5. The molecule has 0 bridgehead atoms. The maximum Gasteiger partial charge on any atom is 0.295 e. The highest BCUT2D eigenvalue weighted by atomic mass is 16.5. The lowest BCUT2D eigenvalue weighted by molar-refractivity contribution is -0.127. The van der Waals surface area contributed by atoms with E-state index in [4.69, 9.17) is 12.6 Å². The highest BCUT2D eigenvalue weighted by Crippen LogP contribution is 2.32. The van der Waals surface area contributed by atoms with E-state index < -0.39 is 11.7 Å². The van der Waals surface area contributed by atoms with Crippen LogP contribution in [0.15, 0.2) is 49.1 Å². The standard InChI is InChI=1S/C25H21BN8O3/c1-14-29-13-34(31-14)24-20-19(17(37-2)11-28-24)16(10-27-20)22(35)25(36)32-8-9-33-18(12-32)30-23(26)21(33)15-6-4-3-5-7-15/h3-7,10-11,13,27H,8-9,12H2,1-2H3. The number of ether oxygens (including phenoxy) is 1. The molecule has 1 aliphatic rings. The SMILES string of the molecule is [B]c1nc2n(c1-c1ccccc1)CCN(C(=O)C(=O)c1c[nH]c3c(-n4cnc(C)n4)ncc(OC)c13)C2. The second-order valence-corrected chi connectivity index (χ2v) is 8.67. The van der Waals surface area contributed by atoms with Crippen LogP contribution in [0.2, 0.25) is 0 Å². The number of hydrogen-bond acceptors (Lipinski definition) is 7. The number of aromatic nitrogens is 7. The largest absolute Gasteiger partial charge is 0.494 e. The van der Waals surface area contributed by atoms with Gasteiger partial charge in [-0.15, -0.1) is 0 Å². The molecule has 1 aromatic carbocycles. The summed E-state index contributed by atoms with van der Waals surface area (Å²) in [7, 11) is 7.72. The Kier molecular flexibility index (Phi) is 5.36. The van der Waals surface area contributed by atoms with Crippen molar-refractivity contribution in [2.24, 2.45) is 0 Å². The first-order chi connectivity index (χ1) is 18.0. The Labute approximate surface area is 212 Å². The topological polar surface area (TPSA) is 124 Å². The molecule has 0 saturated carbocycles. The minimum Gasteiger partial charge on any atom is -0.494 e. The third-order valence-corrected chi connectivity index (χ3v) is 6.47. The predicted octanol–water partition coefficient (Wildman–Crippen LogP) is 1.34. The van der Waals surface area contributed by atoms with Crippen LogP contribution in [-0.2, 0) is 17.9 Å². The Hall–Kier alpha value is -4.74. The third-order valence-electron chi connectivity index (χ3n) is 6.47. The fourth-order valence-electron chi connectivity index (χ4n) is 4.74. The van der Waals surface area contributed by atoms with Crippen LogP contribution >= 0.6 is 0 Å². The van der Waals surface area contributed by atoms with Crippen LogP contribution in [0.5, 0.6) is 5.75 Å². The molecule has 2 radical (unpaired) electrons. The van der Waals surface area contributed by atoms with Gasteiger partial charge in [0.2, 0.25) is 0 Å². The van der Waals surface area contributed by atoms with Crippen LogP contribution in [0.25, 0.3) is 28.0 Å². The third kappa shape index (κ3) is 3.68. The minimum absolute atomic E-state index is 0.173. The number of carbonyl (C=O) groups excluding carboxylic acids is 2. The van der Waals surface area contributed by atoms with Gasteiger partial charge in [-0.05, 0) is 12.5 Å². The summed E-state index contributed by atoms with van der Waals surface area (Å²) in [6, 6.07) is 9.75. The molecule has 0 unspecified atom stereocenters. The van der Waals surface area contributed by atoms with E-state index in [-0.39, 0.29) is 12.1 Å². The lowest BCUT2D eigenvalue weighted by Crippen LogP contribution is -2.42. The number of pyridine rings is 1. The molecule has 0 saturated heterocycles. The highest BCUT2D eigenvalue weighted by molar-refractivity contribution is 6.45. The summed E-state index contributed by atoms with van der Waals surface area (Å²) < 4.78 is 8.98. The van der Waals surface area contributed by atoms with Crippen molar-refractivity contribution >= 4 is 36.0 Å². The molecule has 5 aromatic rings. The summed E-state index contributed by atoms with van der Waals surface area (Å²) in [6.45, 7) is 2.75. The number of aryl methyl sites for hydroxylation is 1. The molecular weight excluding hydrogens is 471 g/mol. The van der Waals surface area contributed by atoms with Crippen molar-refractivity contribution in [3.05, 3.63) is 66.3 Å². The molecule has 1 aliphatic heterocycles. The molecule has 0 fully saturated rings. The molecule has 0 atom stereocenters. The lowest BCUT2D eigenvalue weighted by atomic mass is 9.98. The number of Topliss-reactive ketones (excluding diaryl/α,β-unsaturated/α-hetero) is 1. The van der Waals surface area contributed by atoms with Crippen LogP contribution in [0.4, 0.5) is 0 Å². The molecule has 12 heteroatoms. The number of imidazole rings is 1. The second kappa shape index (κ2) is 8.73. The second-order valence-electron chi connectivity index (χ2n) is 8.67.